The molecular formula is C9H17NO4S. The number of carbonyl (C=O) groups is 1. The van der Waals surface area contributed by atoms with E-state index in [-0.39, 0.29) is 0 Å². The maximum absolute atomic E-state index is 11.2. The largest absolute Gasteiger partial charge is 0.480 e. The number of carboxylic acid groups (broad SMARTS) is 1. The average Bonchev–Trinajstić information content (AvgIpc) is 2.28. The van der Waals surface area contributed by atoms with Crippen molar-refractivity contribution in [2.24, 2.45) is 0 Å². The third-order valence-electron chi connectivity index (χ3n) is 2.75. The Morgan fingerprint density at radius 3 is 2.00 bits per heavy atom. The first kappa shape index (κ1) is 12.4. The molecule has 0 bridgehead atoms. The maximum Gasteiger partial charge on any atom is 0.324 e. The van der Waals surface area contributed by atoms with E-state index in [9.17, 15) is 13.2 Å². The van der Waals surface area contributed by atoms with Gasteiger partial charge in [-0.1, -0.05) is 25.7 Å². The summed E-state index contributed by atoms with van der Waals surface area (Å²) >= 11 is 0. The molecule has 0 radical (unpaired) electrons. The van der Waals surface area contributed by atoms with Gasteiger partial charge in [0.05, 0.1) is 6.26 Å². The summed E-state index contributed by atoms with van der Waals surface area (Å²) in [4.78, 5) is 11.2. The van der Waals surface area contributed by atoms with Crippen LogP contribution in [0.4, 0.5) is 0 Å². The van der Waals surface area contributed by atoms with Gasteiger partial charge in [0.15, 0.2) is 0 Å². The lowest BCUT2D eigenvalue weighted by Crippen LogP contribution is -2.53. The number of carboxylic acids is 1. The molecule has 0 aromatic rings. The van der Waals surface area contributed by atoms with E-state index >= 15 is 0 Å². The third-order valence-corrected chi connectivity index (χ3v) is 3.51. The molecule has 6 heteroatoms. The minimum absolute atomic E-state index is 0.384. The number of aliphatic carboxylic acids is 1. The quantitative estimate of drug-likeness (QED) is 0.706. The first-order valence-corrected chi connectivity index (χ1v) is 6.97. The smallest absolute Gasteiger partial charge is 0.324 e. The molecule has 15 heavy (non-hydrogen) atoms. The SMILES string of the molecule is CS(=O)(=O)NC1(C(=O)O)CCCCCC1. The lowest BCUT2D eigenvalue weighted by Gasteiger charge is -2.27. The second kappa shape index (κ2) is 4.49. The van der Waals surface area contributed by atoms with Crippen molar-refractivity contribution < 1.29 is 18.3 Å². The van der Waals surface area contributed by atoms with Crippen LogP contribution in [0.1, 0.15) is 38.5 Å². The Balaban J connectivity index is 2.90. The van der Waals surface area contributed by atoms with Crippen molar-refractivity contribution >= 4 is 16.0 Å². The van der Waals surface area contributed by atoms with Crippen LogP contribution in [0.25, 0.3) is 0 Å². The fraction of sp³-hybridized carbons (Fsp3) is 0.889. The van der Waals surface area contributed by atoms with Crippen LogP contribution in [0.2, 0.25) is 0 Å². The van der Waals surface area contributed by atoms with Gasteiger partial charge in [-0.25, -0.2) is 8.42 Å². The van der Waals surface area contributed by atoms with Crippen molar-refractivity contribution in [2.75, 3.05) is 6.26 Å². The van der Waals surface area contributed by atoms with Gasteiger partial charge in [-0.15, -0.1) is 0 Å². The molecule has 1 aliphatic carbocycles. The lowest BCUT2D eigenvalue weighted by molar-refractivity contribution is -0.144. The van der Waals surface area contributed by atoms with Crippen molar-refractivity contribution in [1.82, 2.24) is 4.72 Å². The molecule has 0 amide bonds. The second-order valence-corrected chi connectivity index (χ2v) is 5.92. The fourth-order valence-corrected chi connectivity index (χ4v) is 3.05. The average molecular weight is 235 g/mol. The Hall–Kier alpha value is -0.620. The van der Waals surface area contributed by atoms with Crippen molar-refractivity contribution in [3.8, 4) is 0 Å². The van der Waals surface area contributed by atoms with E-state index in [0.717, 1.165) is 31.9 Å². The molecule has 0 heterocycles. The minimum Gasteiger partial charge on any atom is -0.480 e. The Labute approximate surface area is 89.9 Å². The lowest BCUT2D eigenvalue weighted by atomic mass is 9.92. The van der Waals surface area contributed by atoms with Gasteiger partial charge in [-0.3, -0.25) is 4.79 Å². The molecule has 2 N–H and O–H groups in total. The van der Waals surface area contributed by atoms with Crippen LogP contribution < -0.4 is 4.72 Å². The van der Waals surface area contributed by atoms with Crippen molar-refractivity contribution in [2.45, 2.75) is 44.1 Å². The van der Waals surface area contributed by atoms with Crippen molar-refractivity contribution in [3.63, 3.8) is 0 Å². The standard InChI is InChI=1S/C9H17NO4S/c1-15(13,14)10-9(8(11)12)6-4-2-3-5-7-9/h10H,2-7H2,1H3,(H,11,12). The predicted molar refractivity (Wildman–Crippen MR) is 56.0 cm³/mol. The number of nitrogens with one attached hydrogen (secondary N) is 1. The normalized spacial score (nSPS) is 21.9. The summed E-state index contributed by atoms with van der Waals surface area (Å²) in [5.74, 6) is -1.06. The minimum atomic E-state index is -3.47. The van der Waals surface area contributed by atoms with Crippen LogP contribution >= 0.6 is 0 Å². The van der Waals surface area contributed by atoms with Gasteiger partial charge in [0, 0.05) is 0 Å². The van der Waals surface area contributed by atoms with Gasteiger partial charge in [0.25, 0.3) is 0 Å². The number of rotatable bonds is 3. The highest BCUT2D eigenvalue weighted by Crippen LogP contribution is 2.27. The number of hydrogen-bond acceptors (Lipinski definition) is 3. The molecule has 88 valence electrons. The zero-order chi connectivity index (χ0) is 11.5. The molecule has 0 unspecified atom stereocenters. The summed E-state index contributed by atoms with van der Waals surface area (Å²) < 4.78 is 24.6. The highest BCUT2D eigenvalue weighted by atomic mass is 32.2. The summed E-state index contributed by atoms with van der Waals surface area (Å²) in [7, 11) is -3.47. The van der Waals surface area contributed by atoms with Gasteiger partial charge in [0.1, 0.15) is 5.54 Å². The molecule has 0 aromatic heterocycles. The van der Waals surface area contributed by atoms with E-state index in [4.69, 9.17) is 5.11 Å². The van der Waals surface area contributed by atoms with Gasteiger partial charge < -0.3 is 5.11 Å². The van der Waals surface area contributed by atoms with Crippen molar-refractivity contribution in [3.05, 3.63) is 0 Å². The van der Waals surface area contributed by atoms with Gasteiger partial charge in [-0.05, 0) is 12.8 Å². The van der Waals surface area contributed by atoms with E-state index in [1.54, 1.807) is 0 Å². The molecule has 1 aliphatic rings. The molecule has 5 nitrogen and oxygen atoms in total. The van der Waals surface area contributed by atoms with E-state index in [1.807, 2.05) is 0 Å². The van der Waals surface area contributed by atoms with Crippen molar-refractivity contribution in [1.29, 1.82) is 0 Å². The zero-order valence-electron chi connectivity index (χ0n) is 8.82. The summed E-state index contributed by atoms with van der Waals surface area (Å²) in [6.07, 6.45) is 5.23. The molecule has 1 rings (SSSR count). The van der Waals surface area contributed by atoms with Crippen LogP contribution in [0.3, 0.4) is 0 Å². The van der Waals surface area contributed by atoms with E-state index in [2.05, 4.69) is 4.72 Å². The molecule has 0 aliphatic heterocycles. The monoisotopic (exact) mass is 235 g/mol. The molecule has 1 fully saturated rings. The first-order valence-electron chi connectivity index (χ1n) is 5.08. The van der Waals surface area contributed by atoms with Gasteiger partial charge >= 0.3 is 5.97 Å². The Kier molecular flexibility index (Phi) is 3.72. The molecule has 1 saturated carbocycles. The van der Waals surface area contributed by atoms with Crippen LogP contribution in [0.5, 0.6) is 0 Å². The fourth-order valence-electron chi connectivity index (χ4n) is 2.05. The van der Waals surface area contributed by atoms with Crippen LogP contribution in [0.15, 0.2) is 0 Å². The Morgan fingerprint density at radius 1 is 1.20 bits per heavy atom. The van der Waals surface area contributed by atoms with E-state index in [1.165, 1.54) is 0 Å². The highest BCUT2D eigenvalue weighted by molar-refractivity contribution is 7.88. The molecule has 0 atom stereocenters. The topological polar surface area (TPSA) is 83.5 Å². The molecular weight excluding hydrogens is 218 g/mol. The number of sulfonamides is 1. The molecule has 0 spiro atoms. The van der Waals surface area contributed by atoms with Crippen LogP contribution in [-0.4, -0.2) is 31.3 Å². The molecule has 0 saturated heterocycles. The highest BCUT2D eigenvalue weighted by Gasteiger charge is 2.40. The van der Waals surface area contributed by atoms with E-state index < -0.39 is 21.5 Å². The zero-order valence-corrected chi connectivity index (χ0v) is 9.64. The summed E-state index contributed by atoms with van der Waals surface area (Å²) in [6, 6.07) is 0. The predicted octanol–water partition coefficient (Wildman–Crippen LogP) is 0.713. The molecule has 0 aromatic carbocycles. The van der Waals surface area contributed by atoms with Gasteiger partial charge in [-0.2, -0.15) is 4.72 Å². The Bertz CT molecular complexity index is 328. The van der Waals surface area contributed by atoms with E-state index in [0.29, 0.717) is 12.8 Å². The van der Waals surface area contributed by atoms with Crippen LogP contribution in [-0.2, 0) is 14.8 Å². The summed E-state index contributed by atoms with van der Waals surface area (Å²) in [6.45, 7) is 0. The third kappa shape index (κ3) is 3.46. The summed E-state index contributed by atoms with van der Waals surface area (Å²) in [5, 5.41) is 9.15. The van der Waals surface area contributed by atoms with Crippen LogP contribution in [0, 0.1) is 0 Å². The second-order valence-electron chi connectivity index (χ2n) is 4.18. The Morgan fingerprint density at radius 2 is 1.67 bits per heavy atom. The first-order chi connectivity index (χ1) is 6.86. The maximum atomic E-state index is 11.2. The van der Waals surface area contributed by atoms with Gasteiger partial charge in [0.2, 0.25) is 10.0 Å². The number of hydrogen-bond donors (Lipinski definition) is 2. The summed E-state index contributed by atoms with van der Waals surface area (Å²) in [5.41, 5.74) is -1.27.